The third-order valence-electron chi connectivity index (χ3n) is 4.50. The number of carbonyl (C=O) groups excluding carboxylic acids is 1. The summed E-state index contributed by atoms with van der Waals surface area (Å²) in [5.41, 5.74) is 2.64. The first-order chi connectivity index (χ1) is 10.5. The van der Waals surface area contributed by atoms with Gasteiger partial charge < -0.3 is 15.2 Å². The first-order valence-electron chi connectivity index (χ1n) is 8.12. The number of benzene rings is 1. The van der Waals surface area contributed by atoms with E-state index >= 15 is 0 Å². The molecule has 122 valence electrons. The Morgan fingerprint density at radius 1 is 1.45 bits per heavy atom. The highest BCUT2D eigenvalue weighted by Crippen LogP contribution is 2.33. The van der Waals surface area contributed by atoms with Crippen LogP contribution < -0.4 is 10.1 Å². The molecule has 22 heavy (non-hydrogen) atoms. The monoisotopic (exact) mass is 305 g/mol. The van der Waals surface area contributed by atoms with Gasteiger partial charge in [-0.3, -0.25) is 4.79 Å². The van der Waals surface area contributed by atoms with Gasteiger partial charge in [-0.25, -0.2) is 0 Å². The molecule has 1 amide bonds. The van der Waals surface area contributed by atoms with E-state index in [1.165, 1.54) is 11.1 Å². The van der Waals surface area contributed by atoms with E-state index in [2.05, 4.69) is 17.4 Å². The maximum Gasteiger partial charge on any atom is 0.222 e. The first kappa shape index (κ1) is 16.8. The predicted molar refractivity (Wildman–Crippen MR) is 87.1 cm³/mol. The first-order valence-corrected chi connectivity index (χ1v) is 8.12. The minimum atomic E-state index is -0.567. The Bertz CT molecular complexity index is 513. The number of hydrogen-bond donors (Lipinski definition) is 2. The molecule has 0 spiro atoms. The second-order valence-electron chi connectivity index (χ2n) is 6.47. The summed E-state index contributed by atoms with van der Waals surface area (Å²) in [6, 6.07) is 6.21. The van der Waals surface area contributed by atoms with Crippen molar-refractivity contribution in [2.45, 2.75) is 51.6 Å². The smallest absolute Gasteiger partial charge is 0.222 e. The van der Waals surface area contributed by atoms with Crippen LogP contribution in [0.15, 0.2) is 18.2 Å². The fourth-order valence-corrected chi connectivity index (χ4v) is 2.97. The molecule has 2 rings (SSSR count). The van der Waals surface area contributed by atoms with Crippen LogP contribution in [-0.4, -0.2) is 30.8 Å². The number of fused-ring (bicyclic) bond motifs is 1. The van der Waals surface area contributed by atoms with E-state index in [0.717, 1.165) is 25.0 Å². The molecular weight excluding hydrogens is 278 g/mol. The van der Waals surface area contributed by atoms with Gasteiger partial charge in [-0.15, -0.1) is 0 Å². The quantitative estimate of drug-likeness (QED) is 0.849. The Morgan fingerprint density at radius 3 is 2.91 bits per heavy atom. The topological polar surface area (TPSA) is 58.6 Å². The average molecular weight is 305 g/mol. The number of aryl methyl sites for hydroxylation is 1. The zero-order valence-corrected chi connectivity index (χ0v) is 13.8. The van der Waals surface area contributed by atoms with Crippen molar-refractivity contribution >= 4 is 5.91 Å². The summed E-state index contributed by atoms with van der Waals surface area (Å²) in [6.07, 6.45) is 2.91. The molecule has 1 aromatic carbocycles. The van der Waals surface area contributed by atoms with Gasteiger partial charge in [0.25, 0.3) is 0 Å². The highest BCUT2D eigenvalue weighted by molar-refractivity contribution is 5.76. The van der Waals surface area contributed by atoms with Gasteiger partial charge in [0.15, 0.2) is 0 Å². The van der Waals surface area contributed by atoms with Crippen LogP contribution in [0.25, 0.3) is 0 Å². The Kier molecular flexibility index (Phi) is 5.83. The summed E-state index contributed by atoms with van der Waals surface area (Å²) in [6.45, 7) is 4.48. The van der Waals surface area contributed by atoms with Crippen molar-refractivity contribution in [2.75, 3.05) is 13.7 Å². The molecule has 0 bridgehead atoms. The second kappa shape index (κ2) is 7.63. The number of carbonyl (C=O) groups is 1. The van der Waals surface area contributed by atoms with E-state index in [0.29, 0.717) is 12.5 Å². The standard InChI is InChI=1S/C18H27NO3/c1-12(2)17(20)10-18(21)19-11-14-6-4-5-13-9-15(22-3)7-8-16(13)14/h7-9,12,14,17,20H,4-6,10-11H2,1-3H3,(H,19,21)/t14-,17-/m0/s1. The van der Waals surface area contributed by atoms with Crippen molar-refractivity contribution in [3.63, 3.8) is 0 Å². The number of methoxy groups -OCH3 is 1. The van der Waals surface area contributed by atoms with Gasteiger partial charge in [0.05, 0.1) is 19.6 Å². The largest absolute Gasteiger partial charge is 0.497 e. The molecular formula is C18H27NO3. The Hall–Kier alpha value is -1.55. The van der Waals surface area contributed by atoms with E-state index in [1.54, 1.807) is 7.11 Å². The summed E-state index contributed by atoms with van der Waals surface area (Å²) in [4.78, 5) is 11.9. The molecule has 0 heterocycles. The average Bonchev–Trinajstić information content (AvgIpc) is 2.52. The van der Waals surface area contributed by atoms with Gasteiger partial charge >= 0.3 is 0 Å². The van der Waals surface area contributed by atoms with Gasteiger partial charge in [-0.05, 0) is 48.4 Å². The van der Waals surface area contributed by atoms with Crippen molar-refractivity contribution in [3.8, 4) is 5.75 Å². The second-order valence-corrected chi connectivity index (χ2v) is 6.47. The molecule has 0 aliphatic heterocycles. The Morgan fingerprint density at radius 2 is 2.23 bits per heavy atom. The molecule has 0 unspecified atom stereocenters. The van der Waals surface area contributed by atoms with Crippen LogP contribution in [0.3, 0.4) is 0 Å². The normalized spacial score (nSPS) is 18.7. The number of aliphatic hydroxyl groups is 1. The van der Waals surface area contributed by atoms with E-state index in [-0.39, 0.29) is 18.2 Å². The van der Waals surface area contributed by atoms with E-state index in [9.17, 15) is 9.90 Å². The molecule has 4 nitrogen and oxygen atoms in total. The molecule has 4 heteroatoms. The number of rotatable bonds is 6. The van der Waals surface area contributed by atoms with E-state index in [1.807, 2.05) is 19.9 Å². The van der Waals surface area contributed by atoms with Gasteiger partial charge in [0.1, 0.15) is 5.75 Å². The SMILES string of the molecule is COc1ccc2c(c1)CCC[C@H]2CNC(=O)C[C@H](O)C(C)C. The lowest BCUT2D eigenvalue weighted by atomic mass is 9.82. The maximum absolute atomic E-state index is 11.9. The van der Waals surface area contributed by atoms with Crippen LogP contribution in [0.1, 0.15) is 50.2 Å². The summed E-state index contributed by atoms with van der Waals surface area (Å²) < 4.78 is 5.28. The van der Waals surface area contributed by atoms with Crippen LogP contribution >= 0.6 is 0 Å². The van der Waals surface area contributed by atoms with Crippen molar-refractivity contribution < 1.29 is 14.6 Å². The summed E-state index contributed by atoms with van der Waals surface area (Å²) in [5.74, 6) is 1.29. The van der Waals surface area contributed by atoms with Crippen molar-refractivity contribution in [1.29, 1.82) is 0 Å². The molecule has 1 aliphatic carbocycles. The molecule has 0 saturated heterocycles. The van der Waals surface area contributed by atoms with Crippen molar-refractivity contribution in [1.82, 2.24) is 5.32 Å². The zero-order valence-electron chi connectivity index (χ0n) is 13.8. The molecule has 1 aliphatic rings. The predicted octanol–water partition coefficient (Wildman–Crippen LogP) is 2.64. The molecule has 0 aromatic heterocycles. The minimum absolute atomic E-state index is 0.0677. The van der Waals surface area contributed by atoms with E-state index < -0.39 is 6.10 Å². The lowest BCUT2D eigenvalue weighted by Crippen LogP contribution is -2.33. The van der Waals surface area contributed by atoms with Gasteiger partial charge in [0.2, 0.25) is 5.91 Å². The zero-order chi connectivity index (χ0) is 16.1. The van der Waals surface area contributed by atoms with Crippen LogP contribution in [-0.2, 0) is 11.2 Å². The number of hydrogen-bond acceptors (Lipinski definition) is 3. The number of ether oxygens (including phenoxy) is 1. The van der Waals surface area contributed by atoms with Crippen molar-refractivity contribution in [2.24, 2.45) is 5.92 Å². The van der Waals surface area contributed by atoms with E-state index in [4.69, 9.17) is 4.74 Å². The highest BCUT2D eigenvalue weighted by Gasteiger charge is 2.22. The van der Waals surface area contributed by atoms with Crippen LogP contribution in [0, 0.1) is 5.92 Å². The fraction of sp³-hybridized carbons (Fsp3) is 0.611. The lowest BCUT2D eigenvalue weighted by Gasteiger charge is -2.26. The molecule has 0 saturated carbocycles. The summed E-state index contributed by atoms with van der Waals surface area (Å²) in [7, 11) is 1.68. The molecule has 2 N–H and O–H groups in total. The molecule has 2 atom stereocenters. The molecule has 1 aromatic rings. The molecule has 0 fully saturated rings. The highest BCUT2D eigenvalue weighted by atomic mass is 16.5. The summed E-state index contributed by atoms with van der Waals surface area (Å²) in [5, 5.41) is 12.8. The third kappa shape index (κ3) is 4.23. The summed E-state index contributed by atoms with van der Waals surface area (Å²) >= 11 is 0. The third-order valence-corrected chi connectivity index (χ3v) is 4.50. The van der Waals surface area contributed by atoms with Crippen LogP contribution in [0.5, 0.6) is 5.75 Å². The minimum Gasteiger partial charge on any atom is -0.497 e. The van der Waals surface area contributed by atoms with Crippen LogP contribution in [0.2, 0.25) is 0 Å². The Labute approximate surface area is 132 Å². The van der Waals surface area contributed by atoms with Gasteiger partial charge in [-0.1, -0.05) is 19.9 Å². The lowest BCUT2D eigenvalue weighted by molar-refractivity contribution is -0.123. The number of nitrogens with one attached hydrogen (secondary N) is 1. The number of amides is 1. The van der Waals surface area contributed by atoms with Crippen molar-refractivity contribution in [3.05, 3.63) is 29.3 Å². The van der Waals surface area contributed by atoms with Gasteiger partial charge in [-0.2, -0.15) is 0 Å². The Balaban J connectivity index is 1.94. The maximum atomic E-state index is 11.9. The fourth-order valence-electron chi connectivity index (χ4n) is 2.97. The molecule has 0 radical (unpaired) electrons. The number of aliphatic hydroxyl groups excluding tert-OH is 1. The van der Waals surface area contributed by atoms with Gasteiger partial charge in [0, 0.05) is 12.5 Å². The van der Waals surface area contributed by atoms with Crippen LogP contribution in [0.4, 0.5) is 0 Å².